The van der Waals surface area contributed by atoms with E-state index < -0.39 is 0 Å². The van der Waals surface area contributed by atoms with E-state index in [-0.39, 0.29) is 12.5 Å². The van der Waals surface area contributed by atoms with Crippen molar-refractivity contribution in [3.05, 3.63) is 0 Å². The van der Waals surface area contributed by atoms with Gasteiger partial charge in [-0.25, -0.2) is 0 Å². The number of hydrogen-bond donors (Lipinski definition) is 2. The van der Waals surface area contributed by atoms with Crippen LogP contribution in [0.5, 0.6) is 0 Å². The van der Waals surface area contributed by atoms with Gasteiger partial charge in [0.1, 0.15) is 0 Å². The first-order chi connectivity index (χ1) is 8.26. The zero-order valence-corrected chi connectivity index (χ0v) is 10.7. The maximum Gasteiger partial charge on any atom is 0.234 e. The van der Waals surface area contributed by atoms with Crippen LogP contribution in [-0.4, -0.2) is 61.9 Å². The summed E-state index contributed by atoms with van der Waals surface area (Å²) in [6.07, 6.45) is 1.98. The molecule has 0 bridgehead atoms. The SMILES string of the molecule is CCOCCNC(=O)CN1CCC(CO)CC1. The van der Waals surface area contributed by atoms with E-state index in [4.69, 9.17) is 9.84 Å². The highest BCUT2D eigenvalue weighted by atomic mass is 16.5. The maximum absolute atomic E-state index is 11.6. The van der Waals surface area contributed by atoms with Crippen LogP contribution in [0.4, 0.5) is 0 Å². The van der Waals surface area contributed by atoms with Crippen LogP contribution < -0.4 is 5.32 Å². The minimum atomic E-state index is 0.0622. The second-order valence-corrected chi connectivity index (χ2v) is 4.45. The number of aliphatic hydroxyl groups is 1. The first-order valence-corrected chi connectivity index (χ1v) is 6.44. The van der Waals surface area contributed by atoms with E-state index >= 15 is 0 Å². The number of hydrogen-bond acceptors (Lipinski definition) is 4. The van der Waals surface area contributed by atoms with Gasteiger partial charge < -0.3 is 15.2 Å². The first kappa shape index (κ1) is 14.4. The zero-order chi connectivity index (χ0) is 12.5. The third-order valence-corrected chi connectivity index (χ3v) is 3.11. The van der Waals surface area contributed by atoms with E-state index in [0.717, 1.165) is 25.9 Å². The molecule has 1 amide bonds. The predicted octanol–water partition coefficient (Wildman–Crippen LogP) is -0.157. The minimum Gasteiger partial charge on any atom is -0.396 e. The number of nitrogens with one attached hydrogen (secondary N) is 1. The number of carbonyl (C=O) groups excluding carboxylic acids is 1. The Kier molecular flexibility index (Phi) is 7.16. The number of likely N-dealkylation sites (tertiary alicyclic amines) is 1. The molecule has 5 nitrogen and oxygen atoms in total. The van der Waals surface area contributed by atoms with Gasteiger partial charge in [-0.3, -0.25) is 9.69 Å². The van der Waals surface area contributed by atoms with Gasteiger partial charge in [-0.2, -0.15) is 0 Å². The molecule has 1 rings (SSSR count). The topological polar surface area (TPSA) is 61.8 Å². The molecule has 1 fully saturated rings. The Hall–Kier alpha value is -0.650. The van der Waals surface area contributed by atoms with Gasteiger partial charge in [0.2, 0.25) is 5.91 Å². The highest BCUT2D eigenvalue weighted by Crippen LogP contribution is 2.15. The van der Waals surface area contributed by atoms with Crippen LogP contribution >= 0.6 is 0 Å². The molecule has 0 aliphatic carbocycles. The standard InChI is InChI=1S/C12H24N2O3/c1-2-17-8-5-13-12(16)9-14-6-3-11(10-15)4-7-14/h11,15H,2-10H2,1H3,(H,13,16). The Bertz CT molecular complexity index is 216. The van der Waals surface area contributed by atoms with Crippen molar-refractivity contribution in [3.8, 4) is 0 Å². The molecule has 0 aromatic heterocycles. The lowest BCUT2D eigenvalue weighted by molar-refractivity contribution is -0.122. The van der Waals surface area contributed by atoms with Gasteiger partial charge in [0.25, 0.3) is 0 Å². The van der Waals surface area contributed by atoms with Crippen molar-refractivity contribution in [2.24, 2.45) is 5.92 Å². The molecule has 0 unspecified atom stereocenters. The summed E-state index contributed by atoms with van der Waals surface area (Å²) >= 11 is 0. The number of amides is 1. The van der Waals surface area contributed by atoms with E-state index in [0.29, 0.717) is 32.2 Å². The second-order valence-electron chi connectivity index (χ2n) is 4.45. The van der Waals surface area contributed by atoms with Crippen molar-refractivity contribution in [2.45, 2.75) is 19.8 Å². The van der Waals surface area contributed by atoms with Crippen molar-refractivity contribution in [1.82, 2.24) is 10.2 Å². The molecule has 2 N–H and O–H groups in total. The van der Waals surface area contributed by atoms with Crippen LogP contribution in [0.15, 0.2) is 0 Å². The molecule has 1 saturated heterocycles. The number of carbonyl (C=O) groups is 1. The zero-order valence-electron chi connectivity index (χ0n) is 10.7. The fourth-order valence-corrected chi connectivity index (χ4v) is 1.99. The number of rotatable bonds is 7. The molecule has 17 heavy (non-hydrogen) atoms. The van der Waals surface area contributed by atoms with Crippen LogP contribution in [0.3, 0.4) is 0 Å². The Morgan fingerprint density at radius 1 is 1.47 bits per heavy atom. The summed E-state index contributed by atoms with van der Waals surface area (Å²) in [5.41, 5.74) is 0. The summed E-state index contributed by atoms with van der Waals surface area (Å²) in [6, 6.07) is 0. The van der Waals surface area contributed by atoms with Crippen LogP contribution in [-0.2, 0) is 9.53 Å². The highest BCUT2D eigenvalue weighted by Gasteiger charge is 2.19. The lowest BCUT2D eigenvalue weighted by Gasteiger charge is -2.30. The van der Waals surface area contributed by atoms with Gasteiger partial charge in [0.05, 0.1) is 13.2 Å². The lowest BCUT2D eigenvalue weighted by atomic mass is 9.98. The average molecular weight is 244 g/mol. The molecule has 100 valence electrons. The van der Waals surface area contributed by atoms with Crippen molar-refractivity contribution in [1.29, 1.82) is 0 Å². The predicted molar refractivity (Wildman–Crippen MR) is 65.8 cm³/mol. The van der Waals surface area contributed by atoms with Gasteiger partial charge >= 0.3 is 0 Å². The third-order valence-electron chi connectivity index (χ3n) is 3.11. The Morgan fingerprint density at radius 3 is 2.76 bits per heavy atom. The number of piperidine rings is 1. The van der Waals surface area contributed by atoms with Gasteiger partial charge in [-0.1, -0.05) is 0 Å². The number of ether oxygens (including phenoxy) is 1. The molecule has 0 spiro atoms. The molecule has 0 radical (unpaired) electrons. The summed E-state index contributed by atoms with van der Waals surface area (Å²) in [5, 5.41) is 11.8. The summed E-state index contributed by atoms with van der Waals surface area (Å²) < 4.78 is 5.15. The smallest absolute Gasteiger partial charge is 0.234 e. The van der Waals surface area contributed by atoms with E-state index in [9.17, 15) is 4.79 Å². The van der Waals surface area contributed by atoms with Crippen molar-refractivity contribution in [2.75, 3.05) is 46.0 Å². The average Bonchev–Trinajstić information content (AvgIpc) is 2.36. The second kappa shape index (κ2) is 8.44. The third kappa shape index (κ3) is 6.00. The van der Waals surface area contributed by atoms with Crippen LogP contribution in [0.1, 0.15) is 19.8 Å². The van der Waals surface area contributed by atoms with Crippen molar-refractivity contribution < 1.29 is 14.6 Å². The van der Waals surface area contributed by atoms with E-state index in [2.05, 4.69) is 10.2 Å². The Morgan fingerprint density at radius 2 is 2.18 bits per heavy atom. The quantitative estimate of drug-likeness (QED) is 0.611. The van der Waals surface area contributed by atoms with Crippen molar-refractivity contribution >= 4 is 5.91 Å². The largest absolute Gasteiger partial charge is 0.396 e. The summed E-state index contributed by atoms with van der Waals surface area (Å²) in [4.78, 5) is 13.7. The number of nitrogens with zero attached hydrogens (tertiary/aromatic N) is 1. The minimum absolute atomic E-state index is 0.0622. The molecule has 0 atom stereocenters. The molecule has 0 aromatic rings. The van der Waals surface area contributed by atoms with Crippen LogP contribution in [0.2, 0.25) is 0 Å². The molecule has 1 aliphatic rings. The van der Waals surface area contributed by atoms with E-state index in [1.807, 2.05) is 6.92 Å². The summed E-state index contributed by atoms with van der Waals surface area (Å²) in [6.45, 7) is 6.33. The normalized spacial score (nSPS) is 18.2. The molecule has 1 aliphatic heterocycles. The Balaban J connectivity index is 2.06. The van der Waals surface area contributed by atoms with Crippen LogP contribution in [0, 0.1) is 5.92 Å². The summed E-state index contributed by atoms with van der Waals surface area (Å²) in [5.74, 6) is 0.486. The molecule has 1 heterocycles. The van der Waals surface area contributed by atoms with E-state index in [1.165, 1.54) is 0 Å². The molecule has 0 saturated carbocycles. The molecule has 0 aromatic carbocycles. The van der Waals surface area contributed by atoms with Gasteiger partial charge in [0, 0.05) is 19.8 Å². The summed E-state index contributed by atoms with van der Waals surface area (Å²) in [7, 11) is 0. The molecular weight excluding hydrogens is 220 g/mol. The van der Waals surface area contributed by atoms with Crippen LogP contribution in [0.25, 0.3) is 0 Å². The fraction of sp³-hybridized carbons (Fsp3) is 0.917. The van der Waals surface area contributed by atoms with Crippen molar-refractivity contribution in [3.63, 3.8) is 0 Å². The fourth-order valence-electron chi connectivity index (χ4n) is 1.99. The lowest BCUT2D eigenvalue weighted by Crippen LogP contribution is -2.42. The van der Waals surface area contributed by atoms with Gasteiger partial charge in [-0.05, 0) is 38.8 Å². The van der Waals surface area contributed by atoms with E-state index in [1.54, 1.807) is 0 Å². The highest BCUT2D eigenvalue weighted by molar-refractivity contribution is 5.77. The molecular formula is C12H24N2O3. The van der Waals surface area contributed by atoms with Gasteiger partial charge in [-0.15, -0.1) is 0 Å². The Labute approximate surface area is 103 Å². The first-order valence-electron chi connectivity index (χ1n) is 6.44. The molecule has 5 heteroatoms. The maximum atomic E-state index is 11.6. The number of aliphatic hydroxyl groups excluding tert-OH is 1. The van der Waals surface area contributed by atoms with Gasteiger partial charge in [0.15, 0.2) is 0 Å². The monoisotopic (exact) mass is 244 g/mol.